The maximum Gasteiger partial charge on any atom is 0.188 e. The largest absolute Gasteiger partial charge is 0.369 e. The standard InChI is InChI=1S/C17H20N6OS/c1-22-13(5-6-19-22)11-23-8-9-24-15(12-23)14-3-2-4-16(20-14)21-17-18-7-10-25-17/h2-7,10,15H,8-9,11-12H2,1H3,(H,18,20,21). The lowest BCUT2D eigenvalue weighted by Gasteiger charge is -2.32. The minimum absolute atomic E-state index is 0.0278. The van der Waals surface area contributed by atoms with Crippen LogP contribution < -0.4 is 5.32 Å². The molecule has 1 saturated heterocycles. The average molecular weight is 356 g/mol. The molecule has 0 bridgehead atoms. The van der Waals surface area contributed by atoms with Crippen molar-refractivity contribution >= 4 is 22.3 Å². The predicted octanol–water partition coefficient (Wildman–Crippen LogP) is 2.59. The van der Waals surface area contributed by atoms with Crippen LogP contribution >= 0.6 is 11.3 Å². The van der Waals surface area contributed by atoms with E-state index in [1.165, 1.54) is 5.69 Å². The third kappa shape index (κ3) is 3.87. The van der Waals surface area contributed by atoms with E-state index in [0.717, 1.165) is 36.3 Å². The lowest BCUT2D eigenvalue weighted by molar-refractivity contribution is -0.0355. The summed E-state index contributed by atoms with van der Waals surface area (Å²) in [6.45, 7) is 3.30. The van der Waals surface area contributed by atoms with Gasteiger partial charge in [0.2, 0.25) is 0 Å². The van der Waals surface area contributed by atoms with Gasteiger partial charge >= 0.3 is 0 Å². The molecule has 1 aliphatic rings. The number of hydrogen-bond acceptors (Lipinski definition) is 7. The summed E-state index contributed by atoms with van der Waals surface area (Å²) in [6, 6.07) is 8.02. The summed E-state index contributed by atoms with van der Waals surface area (Å²) in [4.78, 5) is 11.3. The van der Waals surface area contributed by atoms with E-state index in [2.05, 4.69) is 26.4 Å². The van der Waals surface area contributed by atoms with Crippen LogP contribution in [-0.2, 0) is 18.3 Å². The van der Waals surface area contributed by atoms with E-state index in [1.807, 2.05) is 41.5 Å². The van der Waals surface area contributed by atoms with Crippen LogP contribution in [0.5, 0.6) is 0 Å². The van der Waals surface area contributed by atoms with E-state index >= 15 is 0 Å². The molecule has 3 aromatic heterocycles. The Bertz CT molecular complexity index is 818. The summed E-state index contributed by atoms with van der Waals surface area (Å²) in [5.74, 6) is 0.791. The van der Waals surface area contributed by atoms with E-state index in [1.54, 1.807) is 17.5 Å². The number of hydrogen-bond donors (Lipinski definition) is 1. The van der Waals surface area contributed by atoms with Crippen molar-refractivity contribution in [3.05, 3.63) is 53.4 Å². The molecule has 0 radical (unpaired) electrons. The van der Waals surface area contributed by atoms with Crippen LogP contribution in [0.25, 0.3) is 0 Å². The number of morpholine rings is 1. The van der Waals surface area contributed by atoms with Crippen molar-refractivity contribution in [3.8, 4) is 0 Å². The second-order valence-electron chi connectivity index (χ2n) is 5.95. The molecule has 1 atom stereocenters. The minimum Gasteiger partial charge on any atom is -0.369 e. The van der Waals surface area contributed by atoms with Gasteiger partial charge in [-0.25, -0.2) is 9.97 Å². The SMILES string of the molecule is Cn1nccc1CN1CCOC(c2cccc(Nc3nccs3)n2)C1. The maximum atomic E-state index is 5.97. The second-order valence-corrected chi connectivity index (χ2v) is 6.85. The molecule has 8 heteroatoms. The molecular formula is C17H20N6OS. The zero-order chi connectivity index (χ0) is 17.1. The number of rotatable bonds is 5. The van der Waals surface area contributed by atoms with Crippen molar-refractivity contribution in [1.82, 2.24) is 24.6 Å². The molecule has 4 rings (SSSR count). The van der Waals surface area contributed by atoms with Gasteiger partial charge in [0, 0.05) is 44.5 Å². The highest BCUT2D eigenvalue weighted by Crippen LogP contribution is 2.24. The fourth-order valence-corrected chi connectivity index (χ4v) is 3.44. The Hall–Kier alpha value is -2.29. The molecule has 0 aromatic carbocycles. The van der Waals surface area contributed by atoms with Gasteiger partial charge in [0.25, 0.3) is 0 Å². The Morgan fingerprint density at radius 3 is 3.08 bits per heavy atom. The second kappa shape index (κ2) is 7.30. The number of thiazole rings is 1. The Morgan fingerprint density at radius 2 is 2.28 bits per heavy atom. The molecule has 7 nitrogen and oxygen atoms in total. The number of aryl methyl sites for hydroxylation is 1. The van der Waals surface area contributed by atoms with Gasteiger partial charge in [-0.2, -0.15) is 5.10 Å². The first kappa shape index (κ1) is 16.2. The summed E-state index contributed by atoms with van der Waals surface area (Å²) in [5, 5.41) is 10.3. The molecular weight excluding hydrogens is 336 g/mol. The predicted molar refractivity (Wildman–Crippen MR) is 96.8 cm³/mol. The minimum atomic E-state index is -0.0278. The molecule has 0 amide bonds. The third-order valence-electron chi connectivity index (χ3n) is 4.23. The Balaban J connectivity index is 1.45. The number of pyridine rings is 1. The molecule has 25 heavy (non-hydrogen) atoms. The van der Waals surface area contributed by atoms with Gasteiger partial charge in [0.05, 0.1) is 18.0 Å². The highest BCUT2D eigenvalue weighted by Gasteiger charge is 2.24. The van der Waals surface area contributed by atoms with Crippen LogP contribution in [0.15, 0.2) is 42.0 Å². The van der Waals surface area contributed by atoms with Crippen molar-refractivity contribution in [1.29, 1.82) is 0 Å². The quantitative estimate of drug-likeness (QED) is 0.758. The number of nitrogens with zero attached hydrogens (tertiary/aromatic N) is 5. The average Bonchev–Trinajstić information content (AvgIpc) is 3.28. The van der Waals surface area contributed by atoms with Crippen molar-refractivity contribution in [2.45, 2.75) is 12.6 Å². The number of aromatic nitrogens is 4. The van der Waals surface area contributed by atoms with E-state index in [9.17, 15) is 0 Å². The summed E-state index contributed by atoms with van der Waals surface area (Å²) in [5.41, 5.74) is 2.14. The number of nitrogens with one attached hydrogen (secondary N) is 1. The van der Waals surface area contributed by atoms with Gasteiger partial charge in [-0.1, -0.05) is 6.07 Å². The molecule has 4 heterocycles. The summed E-state index contributed by atoms with van der Waals surface area (Å²) in [6.07, 6.45) is 3.58. The molecule has 1 aliphatic heterocycles. The molecule has 130 valence electrons. The van der Waals surface area contributed by atoms with Crippen molar-refractivity contribution in [2.75, 3.05) is 25.0 Å². The van der Waals surface area contributed by atoms with Gasteiger partial charge in [0.1, 0.15) is 11.9 Å². The van der Waals surface area contributed by atoms with Crippen molar-refractivity contribution < 1.29 is 4.74 Å². The molecule has 1 N–H and O–H groups in total. The summed E-state index contributed by atoms with van der Waals surface area (Å²) < 4.78 is 7.88. The highest BCUT2D eigenvalue weighted by atomic mass is 32.1. The zero-order valence-corrected chi connectivity index (χ0v) is 14.8. The summed E-state index contributed by atoms with van der Waals surface area (Å²) >= 11 is 1.55. The van der Waals surface area contributed by atoms with Gasteiger partial charge in [-0.15, -0.1) is 11.3 Å². The van der Waals surface area contributed by atoms with Gasteiger partial charge < -0.3 is 10.1 Å². The van der Waals surface area contributed by atoms with E-state index in [4.69, 9.17) is 9.72 Å². The van der Waals surface area contributed by atoms with Gasteiger partial charge in [0.15, 0.2) is 5.13 Å². The molecule has 0 aliphatic carbocycles. The molecule has 1 unspecified atom stereocenters. The van der Waals surface area contributed by atoms with Gasteiger partial charge in [-0.05, 0) is 18.2 Å². The van der Waals surface area contributed by atoms with E-state index < -0.39 is 0 Å². The first-order valence-electron chi connectivity index (χ1n) is 8.22. The van der Waals surface area contributed by atoms with Crippen LogP contribution in [0, 0.1) is 0 Å². The lowest BCUT2D eigenvalue weighted by Crippen LogP contribution is -2.38. The third-order valence-corrected chi connectivity index (χ3v) is 4.91. The van der Waals surface area contributed by atoms with Crippen LogP contribution in [0.4, 0.5) is 10.9 Å². The fraction of sp³-hybridized carbons (Fsp3) is 0.353. The number of ether oxygens (including phenoxy) is 1. The Kier molecular flexibility index (Phi) is 4.73. The van der Waals surface area contributed by atoms with Gasteiger partial charge in [-0.3, -0.25) is 9.58 Å². The normalized spacial score (nSPS) is 18.4. The van der Waals surface area contributed by atoms with Crippen molar-refractivity contribution in [3.63, 3.8) is 0 Å². The van der Waals surface area contributed by atoms with E-state index in [0.29, 0.717) is 6.61 Å². The molecule has 0 spiro atoms. The first-order chi connectivity index (χ1) is 12.3. The lowest BCUT2D eigenvalue weighted by atomic mass is 10.2. The zero-order valence-electron chi connectivity index (χ0n) is 14.0. The molecule has 0 saturated carbocycles. The Morgan fingerprint density at radius 1 is 1.32 bits per heavy atom. The van der Waals surface area contributed by atoms with Crippen LogP contribution in [0.2, 0.25) is 0 Å². The topological polar surface area (TPSA) is 68.1 Å². The van der Waals surface area contributed by atoms with Crippen LogP contribution in [0.3, 0.4) is 0 Å². The number of anilines is 2. The molecule has 1 fully saturated rings. The van der Waals surface area contributed by atoms with Crippen LogP contribution in [-0.4, -0.2) is 44.3 Å². The maximum absolute atomic E-state index is 5.97. The first-order valence-corrected chi connectivity index (χ1v) is 9.10. The highest BCUT2D eigenvalue weighted by molar-refractivity contribution is 7.13. The monoisotopic (exact) mass is 356 g/mol. The van der Waals surface area contributed by atoms with Crippen molar-refractivity contribution in [2.24, 2.45) is 7.05 Å². The van der Waals surface area contributed by atoms with Crippen LogP contribution in [0.1, 0.15) is 17.5 Å². The summed E-state index contributed by atoms with van der Waals surface area (Å²) in [7, 11) is 1.97. The van der Waals surface area contributed by atoms with E-state index in [-0.39, 0.29) is 6.10 Å². The Labute approximate surface area is 150 Å². The molecule has 3 aromatic rings. The smallest absolute Gasteiger partial charge is 0.188 e. The fourth-order valence-electron chi connectivity index (χ4n) is 2.91.